The van der Waals surface area contributed by atoms with Crippen molar-refractivity contribution in [1.29, 1.82) is 0 Å². The minimum Gasteiger partial charge on any atom is -0.478 e. The van der Waals surface area contributed by atoms with E-state index in [2.05, 4.69) is 26.0 Å². The number of carboxylic acid groups (broad SMARTS) is 3. The monoisotopic (exact) mass is 843 g/mol. The van der Waals surface area contributed by atoms with Crippen molar-refractivity contribution in [2.45, 2.75) is 38.3 Å². The molecule has 1 fully saturated rings. The highest BCUT2D eigenvalue weighted by Crippen LogP contribution is 2.42. The van der Waals surface area contributed by atoms with Crippen LogP contribution in [-0.2, 0) is 33.6 Å². The molecule has 2 aromatic rings. The van der Waals surface area contributed by atoms with Crippen molar-refractivity contribution in [3.8, 4) is 11.5 Å². The van der Waals surface area contributed by atoms with E-state index in [1.807, 2.05) is 0 Å². The summed E-state index contributed by atoms with van der Waals surface area (Å²) in [5, 5.41) is 39.2. The first kappa shape index (κ1) is 40.2. The van der Waals surface area contributed by atoms with E-state index in [0.717, 1.165) is 41.2 Å². The number of amides is 3. The number of benzene rings is 1. The van der Waals surface area contributed by atoms with Gasteiger partial charge in [-0.25, -0.2) is 29.4 Å². The lowest BCUT2D eigenvalue weighted by Crippen LogP contribution is -2.71. The Morgan fingerprint density at radius 2 is 1.84 bits per heavy atom. The zero-order chi connectivity index (χ0) is 41.3. The fourth-order valence-corrected chi connectivity index (χ4v) is 8.65. The van der Waals surface area contributed by atoms with Crippen LogP contribution in [0.3, 0.4) is 0 Å². The number of nitrogens with zero attached hydrogens (tertiary/aromatic N) is 6. The van der Waals surface area contributed by atoms with Gasteiger partial charge in [0.25, 0.3) is 11.8 Å². The number of hydrogen-bond donors (Lipinski definition) is 6. The summed E-state index contributed by atoms with van der Waals surface area (Å²) in [6.07, 6.45) is -0.232. The number of β-lactam (4-membered cyclic amide) rings is 1. The first-order valence-electron chi connectivity index (χ1n) is 16.1. The van der Waals surface area contributed by atoms with Crippen LogP contribution in [0.15, 0.2) is 68.1 Å². The first-order chi connectivity index (χ1) is 27.0. The van der Waals surface area contributed by atoms with E-state index < -0.39 is 65.0 Å². The van der Waals surface area contributed by atoms with Crippen molar-refractivity contribution in [3.05, 3.63) is 69.2 Å². The van der Waals surface area contributed by atoms with E-state index in [0.29, 0.717) is 22.1 Å². The lowest BCUT2D eigenvalue weighted by Gasteiger charge is -2.49. The van der Waals surface area contributed by atoms with Gasteiger partial charge < -0.3 is 40.7 Å². The number of nitrogens with two attached hydrogens (primary N) is 1. The van der Waals surface area contributed by atoms with Crippen LogP contribution in [0.1, 0.15) is 38.1 Å². The number of esters is 2. The van der Waals surface area contributed by atoms with E-state index in [4.69, 9.17) is 20.0 Å². The highest BCUT2D eigenvalue weighted by molar-refractivity contribution is 8.03. The quantitative estimate of drug-likeness (QED) is 0.0546. The molecule has 0 unspecified atom stereocenters. The van der Waals surface area contributed by atoms with Crippen molar-refractivity contribution in [2.75, 3.05) is 17.2 Å². The van der Waals surface area contributed by atoms with Crippen LogP contribution in [0.2, 0.25) is 0 Å². The first-order valence-corrected chi connectivity index (χ1v) is 19.0. The summed E-state index contributed by atoms with van der Waals surface area (Å²) in [7, 11) is 0. The van der Waals surface area contributed by atoms with Crippen LogP contribution >= 0.6 is 34.9 Å². The number of thioether (sulfide) groups is 2. The molecule has 1 aromatic heterocycles. The summed E-state index contributed by atoms with van der Waals surface area (Å²) in [4.78, 5) is 102. The van der Waals surface area contributed by atoms with Gasteiger partial charge >= 0.3 is 30.0 Å². The minimum absolute atomic E-state index is 0.0149. The second-order valence-electron chi connectivity index (χ2n) is 11.9. The van der Waals surface area contributed by atoms with E-state index in [-0.39, 0.29) is 45.1 Å². The van der Waals surface area contributed by atoms with Crippen LogP contribution in [0.4, 0.5) is 9.93 Å². The molecule has 22 nitrogen and oxygen atoms in total. The SMILES string of the molecule is CC(=O)Oc1ccc([C@H](O/N=C(\C(=O)N[C@@H]2C(=O)N3C(C(=O)O)=C(CSC4=CC(C)=NC5=CN(C(=O)O)NN54)CS[C@H]23)c2csc(N)n2)C(=O)O)cc1OC(C)=O. The predicted molar refractivity (Wildman–Crippen MR) is 200 cm³/mol. The molecule has 298 valence electrons. The normalized spacial score (nSPS) is 19.3. The summed E-state index contributed by atoms with van der Waals surface area (Å²) in [5.74, 6) is -6.25. The number of nitrogen functional groups attached to an aromatic ring is 1. The molecule has 1 saturated heterocycles. The predicted octanol–water partition coefficient (Wildman–Crippen LogP) is 1.42. The number of ether oxygens (including phenoxy) is 2. The summed E-state index contributed by atoms with van der Waals surface area (Å²) >= 11 is 3.30. The van der Waals surface area contributed by atoms with Crippen LogP contribution < -0.4 is 26.1 Å². The van der Waals surface area contributed by atoms with Crippen LogP contribution in [0, 0.1) is 0 Å². The third-order valence-electron chi connectivity index (χ3n) is 7.89. The molecule has 1 aromatic carbocycles. The van der Waals surface area contributed by atoms with Crippen molar-refractivity contribution < 1.29 is 63.2 Å². The van der Waals surface area contributed by atoms with Gasteiger partial charge in [-0.1, -0.05) is 11.2 Å². The molecule has 0 bridgehead atoms. The molecule has 57 heavy (non-hydrogen) atoms. The number of carboxylic acids is 2. The number of rotatable bonds is 13. The molecular formula is C32H29N9O13S3. The van der Waals surface area contributed by atoms with Gasteiger partial charge in [0.1, 0.15) is 22.8 Å². The molecular weight excluding hydrogens is 815 g/mol. The number of hydrazine groups is 2. The van der Waals surface area contributed by atoms with E-state index in [1.54, 1.807) is 13.0 Å². The fraction of sp³-hybridized carbons (Fsp3) is 0.250. The number of fused-ring (bicyclic) bond motifs is 2. The number of nitrogens with one attached hydrogen (secondary N) is 2. The highest BCUT2D eigenvalue weighted by Gasteiger charge is 2.54. The number of allylic oxidation sites excluding steroid dienone is 1. The number of hydrogen-bond acceptors (Lipinski definition) is 19. The maximum absolute atomic E-state index is 13.7. The Bertz CT molecular complexity index is 2270. The number of anilines is 1. The molecule has 0 aliphatic carbocycles. The maximum Gasteiger partial charge on any atom is 0.427 e. The van der Waals surface area contributed by atoms with Crippen molar-refractivity contribution in [1.82, 2.24) is 30.8 Å². The summed E-state index contributed by atoms with van der Waals surface area (Å²) < 4.78 is 10.1. The molecule has 4 aliphatic heterocycles. The second kappa shape index (κ2) is 16.3. The Balaban J connectivity index is 1.20. The molecule has 7 N–H and O–H groups in total. The number of aromatic nitrogens is 1. The number of thiazole rings is 1. The molecule has 25 heteroatoms. The Labute approximate surface area is 332 Å². The van der Waals surface area contributed by atoms with Gasteiger partial charge in [0.05, 0.1) is 11.2 Å². The number of oxime groups is 1. The molecule has 0 saturated carbocycles. The lowest BCUT2D eigenvalue weighted by atomic mass is 10.0. The van der Waals surface area contributed by atoms with E-state index in [1.165, 1.54) is 52.2 Å². The molecule has 0 spiro atoms. The van der Waals surface area contributed by atoms with Gasteiger partial charge in [-0.3, -0.25) is 24.1 Å². The van der Waals surface area contributed by atoms with E-state index >= 15 is 0 Å². The average Bonchev–Trinajstić information content (AvgIpc) is 3.77. The molecule has 5 heterocycles. The topological polar surface area (TPSA) is 305 Å². The molecule has 6 rings (SSSR count). The smallest absolute Gasteiger partial charge is 0.427 e. The van der Waals surface area contributed by atoms with Crippen LogP contribution in [-0.4, -0.2) is 111 Å². The third-order valence-corrected chi connectivity index (χ3v) is 11.0. The minimum atomic E-state index is -1.92. The molecule has 0 radical (unpaired) electrons. The maximum atomic E-state index is 13.7. The lowest BCUT2D eigenvalue weighted by molar-refractivity contribution is -0.151. The molecule has 4 aliphatic rings. The number of aliphatic imine (C=N–C) groups is 1. The molecule has 3 amide bonds. The van der Waals surface area contributed by atoms with Crippen molar-refractivity contribution in [2.24, 2.45) is 10.1 Å². The second-order valence-corrected chi connectivity index (χ2v) is 14.9. The average molecular weight is 844 g/mol. The van der Waals surface area contributed by atoms with Gasteiger partial charge in [0.15, 0.2) is 28.2 Å². The Morgan fingerprint density at radius 1 is 1.12 bits per heavy atom. The Morgan fingerprint density at radius 3 is 2.47 bits per heavy atom. The van der Waals surface area contributed by atoms with Gasteiger partial charge in [-0.15, -0.1) is 40.4 Å². The zero-order valence-corrected chi connectivity index (χ0v) is 32.0. The summed E-state index contributed by atoms with van der Waals surface area (Å²) in [6, 6.07) is 2.20. The van der Waals surface area contributed by atoms with Gasteiger partial charge in [-0.05, 0) is 30.7 Å². The standard InChI is InChI=1S/C32H29N9O13S3/c1-12-6-21(41-20(34-12)8-39(38-41)32(50)51)55-9-16-10-56-28-23(27(45)40(28)24(16)29(46)47)36-26(44)22(17-11-57-31(33)35-17)37-54-25(30(48)49)15-4-5-18(52-13(2)42)19(7-15)53-14(3)43/h4-8,11,23,25,28,38H,9-10H2,1-3H3,(H2,33,35)(H,36,44)(H,46,47)(H,48,49)(H,50,51)/b37-22-/t23-,25+,28-/m1/s1. The van der Waals surface area contributed by atoms with Crippen molar-refractivity contribution >= 4 is 93.2 Å². The summed E-state index contributed by atoms with van der Waals surface area (Å²) in [5.41, 5.74) is 8.28. The highest BCUT2D eigenvalue weighted by atomic mass is 32.2. The number of aliphatic carboxylic acids is 2. The van der Waals surface area contributed by atoms with E-state index in [9.17, 15) is 48.9 Å². The fourth-order valence-electron chi connectivity index (χ4n) is 5.54. The van der Waals surface area contributed by atoms with Gasteiger partial charge in [-0.2, -0.15) is 5.01 Å². The van der Waals surface area contributed by atoms with Crippen LogP contribution in [0.5, 0.6) is 11.5 Å². The van der Waals surface area contributed by atoms with Crippen molar-refractivity contribution in [3.63, 3.8) is 0 Å². The third kappa shape index (κ3) is 8.54. The number of carbonyl (C=O) groups is 7. The largest absolute Gasteiger partial charge is 0.478 e. The van der Waals surface area contributed by atoms with Gasteiger partial charge in [0, 0.05) is 42.0 Å². The Kier molecular flexibility index (Phi) is 11.5. The zero-order valence-electron chi connectivity index (χ0n) is 29.5. The van der Waals surface area contributed by atoms with Gasteiger partial charge in [0.2, 0.25) is 6.10 Å². The van der Waals surface area contributed by atoms with Crippen LogP contribution in [0.25, 0.3) is 0 Å². The Hall–Kier alpha value is -6.44. The number of carbonyl (C=O) groups excluding carboxylic acids is 4. The molecule has 3 atom stereocenters. The summed E-state index contributed by atoms with van der Waals surface area (Å²) in [6.45, 7) is 3.89.